The van der Waals surface area contributed by atoms with E-state index < -0.39 is 0 Å². The van der Waals surface area contributed by atoms with Gasteiger partial charge in [0, 0.05) is 10.6 Å². The average molecular weight is 245 g/mol. The molecule has 0 aliphatic carbocycles. The van der Waals surface area contributed by atoms with Gasteiger partial charge in [-0.1, -0.05) is 12.1 Å². The highest BCUT2D eigenvalue weighted by Crippen LogP contribution is 2.20. The number of hydrogen-bond donors (Lipinski definition) is 1. The molecule has 2 rings (SSSR count). The second kappa shape index (κ2) is 5.64. The molecule has 0 fully saturated rings. The van der Waals surface area contributed by atoms with Crippen molar-refractivity contribution in [2.24, 2.45) is 0 Å². The summed E-state index contributed by atoms with van der Waals surface area (Å²) in [5, 5.41) is 0. The van der Waals surface area contributed by atoms with E-state index in [4.69, 9.17) is 10.5 Å². The van der Waals surface area contributed by atoms with Gasteiger partial charge < -0.3 is 10.5 Å². The van der Waals surface area contributed by atoms with Crippen molar-refractivity contribution in [1.82, 2.24) is 0 Å². The first-order chi connectivity index (χ1) is 8.28. The van der Waals surface area contributed by atoms with E-state index in [1.54, 1.807) is 11.8 Å². The maximum atomic E-state index is 5.71. The fourth-order valence-electron chi connectivity index (χ4n) is 1.52. The molecular weight excluding hydrogens is 230 g/mol. The van der Waals surface area contributed by atoms with Gasteiger partial charge >= 0.3 is 0 Å². The summed E-state index contributed by atoms with van der Waals surface area (Å²) in [6.07, 6.45) is 2.06. The van der Waals surface area contributed by atoms with Crippen LogP contribution in [0.25, 0.3) is 0 Å². The number of thioether (sulfide) groups is 1. The number of hydrogen-bond acceptors (Lipinski definition) is 3. The van der Waals surface area contributed by atoms with E-state index in [2.05, 4.69) is 18.4 Å². The molecular formula is C14H15NOS. The number of ether oxygens (including phenoxy) is 1. The van der Waals surface area contributed by atoms with Crippen LogP contribution >= 0.6 is 11.8 Å². The summed E-state index contributed by atoms with van der Waals surface area (Å²) >= 11 is 1.72. The maximum Gasteiger partial charge on any atom is 0.119 e. The van der Waals surface area contributed by atoms with Crippen molar-refractivity contribution in [3.63, 3.8) is 0 Å². The van der Waals surface area contributed by atoms with Crippen LogP contribution in [0.2, 0.25) is 0 Å². The Kier molecular flexibility index (Phi) is 3.94. The van der Waals surface area contributed by atoms with E-state index in [9.17, 15) is 0 Å². The molecule has 0 heterocycles. The third-order valence-electron chi connectivity index (χ3n) is 2.42. The summed E-state index contributed by atoms with van der Waals surface area (Å²) in [6, 6.07) is 15.8. The highest BCUT2D eigenvalue weighted by atomic mass is 32.2. The van der Waals surface area contributed by atoms with Crippen molar-refractivity contribution in [2.45, 2.75) is 11.5 Å². The Morgan fingerprint density at radius 1 is 1.12 bits per heavy atom. The Morgan fingerprint density at radius 2 is 1.88 bits per heavy atom. The highest BCUT2D eigenvalue weighted by Gasteiger charge is 1.97. The Balaban J connectivity index is 1.97. The van der Waals surface area contributed by atoms with Crippen LogP contribution in [0.4, 0.5) is 5.69 Å². The molecule has 2 aromatic carbocycles. The molecule has 0 aliphatic heterocycles. The van der Waals surface area contributed by atoms with Crippen LogP contribution in [0.3, 0.4) is 0 Å². The SMILES string of the molecule is CSc1ccc(OCc2cccc(N)c2)cc1. The smallest absolute Gasteiger partial charge is 0.119 e. The van der Waals surface area contributed by atoms with Crippen molar-refractivity contribution >= 4 is 17.4 Å². The van der Waals surface area contributed by atoms with E-state index in [1.807, 2.05) is 36.4 Å². The first-order valence-electron chi connectivity index (χ1n) is 5.39. The summed E-state index contributed by atoms with van der Waals surface area (Å²) in [5.74, 6) is 0.880. The van der Waals surface area contributed by atoms with Gasteiger partial charge in [-0.2, -0.15) is 0 Å². The van der Waals surface area contributed by atoms with Crippen molar-refractivity contribution in [3.8, 4) is 5.75 Å². The molecule has 0 saturated heterocycles. The molecule has 0 aromatic heterocycles. The van der Waals surface area contributed by atoms with E-state index in [1.165, 1.54) is 4.90 Å². The molecule has 0 spiro atoms. The molecule has 2 nitrogen and oxygen atoms in total. The van der Waals surface area contributed by atoms with Gasteiger partial charge in [-0.15, -0.1) is 11.8 Å². The minimum Gasteiger partial charge on any atom is -0.489 e. The van der Waals surface area contributed by atoms with Gasteiger partial charge in [-0.25, -0.2) is 0 Å². The lowest BCUT2D eigenvalue weighted by Crippen LogP contribution is -1.96. The molecule has 0 atom stereocenters. The van der Waals surface area contributed by atoms with Crippen LogP contribution in [0.1, 0.15) is 5.56 Å². The number of anilines is 1. The van der Waals surface area contributed by atoms with E-state index in [-0.39, 0.29) is 0 Å². The van der Waals surface area contributed by atoms with Crippen molar-refractivity contribution in [1.29, 1.82) is 0 Å². The fourth-order valence-corrected chi connectivity index (χ4v) is 1.93. The third kappa shape index (κ3) is 3.43. The quantitative estimate of drug-likeness (QED) is 0.660. The minimum atomic E-state index is 0.545. The Morgan fingerprint density at radius 3 is 2.53 bits per heavy atom. The van der Waals surface area contributed by atoms with E-state index >= 15 is 0 Å². The lowest BCUT2D eigenvalue weighted by atomic mass is 10.2. The molecule has 3 heteroatoms. The fraction of sp³-hybridized carbons (Fsp3) is 0.143. The molecule has 0 aliphatic rings. The van der Waals surface area contributed by atoms with Crippen LogP contribution < -0.4 is 10.5 Å². The van der Waals surface area contributed by atoms with Crippen LogP contribution in [0.15, 0.2) is 53.4 Å². The summed E-state index contributed by atoms with van der Waals surface area (Å²) in [6.45, 7) is 0.545. The molecule has 0 saturated carbocycles. The number of benzene rings is 2. The molecule has 0 radical (unpaired) electrons. The van der Waals surface area contributed by atoms with Gasteiger partial charge in [0.2, 0.25) is 0 Å². The second-order valence-corrected chi connectivity index (χ2v) is 4.59. The van der Waals surface area contributed by atoms with Crippen LogP contribution in [-0.4, -0.2) is 6.26 Å². The standard InChI is InChI=1S/C14H15NOS/c1-17-14-7-5-13(6-8-14)16-10-11-3-2-4-12(15)9-11/h2-9H,10,15H2,1H3. The van der Waals surface area contributed by atoms with Crippen LogP contribution in [0, 0.1) is 0 Å². The maximum absolute atomic E-state index is 5.71. The number of nitrogen functional groups attached to an aromatic ring is 1. The van der Waals surface area contributed by atoms with Gasteiger partial charge in [0.1, 0.15) is 12.4 Å². The summed E-state index contributed by atoms with van der Waals surface area (Å²) in [5.41, 5.74) is 7.56. The predicted octanol–water partition coefficient (Wildman–Crippen LogP) is 3.57. The summed E-state index contributed by atoms with van der Waals surface area (Å²) in [7, 11) is 0. The molecule has 17 heavy (non-hydrogen) atoms. The lowest BCUT2D eigenvalue weighted by molar-refractivity contribution is 0.306. The largest absolute Gasteiger partial charge is 0.489 e. The van der Waals surface area contributed by atoms with Crippen molar-refractivity contribution in [2.75, 3.05) is 12.0 Å². The predicted molar refractivity (Wildman–Crippen MR) is 73.4 cm³/mol. The molecule has 0 unspecified atom stereocenters. The summed E-state index contributed by atoms with van der Waals surface area (Å²) < 4.78 is 5.68. The molecule has 0 amide bonds. The van der Waals surface area contributed by atoms with E-state index in [0.717, 1.165) is 17.0 Å². The second-order valence-electron chi connectivity index (χ2n) is 3.71. The Bertz CT molecular complexity index is 482. The normalized spacial score (nSPS) is 10.2. The third-order valence-corrected chi connectivity index (χ3v) is 3.16. The number of rotatable bonds is 4. The van der Waals surface area contributed by atoms with Crippen molar-refractivity contribution in [3.05, 3.63) is 54.1 Å². The van der Waals surface area contributed by atoms with Crippen molar-refractivity contribution < 1.29 is 4.74 Å². The molecule has 2 aromatic rings. The highest BCUT2D eigenvalue weighted by molar-refractivity contribution is 7.98. The lowest BCUT2D eigenvalue weighted by Gasteiger charge is -2.07. The topological polar surface area (TPSA) is 35.2 Å². The Labute approximate surface area is 106 Å². The van der Waals surface area contributed by atoms with E-state index in [0.29, 0.717) is 6.61 Å². The Hall–Kier alpha value is -1.61. The van der Waals surface area contributed by atoms with Crippen LogP contribution in [0.5, 0.6) is 5.75 Å². The van der Waals surface area contributed by atoms with Gasteiger partial charge in [-0.05, 0) is 48.2 Å². The van der Waals surface area contributed by atoms with Gasteiger partial charge in [0.25, 0.3) is 0 Å². The number of nitrogens with two attached hydrogens (primary N) is 1. The first-order valence-corrected chi connectivity index (χ1v) is 6.61. The average Bonchev–Trinajstić information content (AvgIpc) is 2.37. The molecule has 2 N–H and O–H groups in total. The first kappa shape index (κ1) is 11.9. The monoisotopic (exact) mass is 245 g/mol. The van der Waals surface area contributed by atoms with Gasteiger partial charge in [0.15, 0.2) is 0 Å². The van der Waals surface area contributed by atoms with Gasteiger partial charge in [-0.3, -0.25) is 0 Å². The van der Waals surface area contributed by atoms with Crippen LogP contribution in [-0.2, 0) is 6.61 Å². The molecule has 88 valence electrons. The minimum absolute atomic E-state index is 0.545. The zero-order valence-electron chi connectivity index (χ0n) is 9.72. The summed E-state index contributed by atoms with van der Waals surface area (Å²) in [4.78, 5) is 1.24. The van der Waals surface area contributed by atoms with Gasteiger partial charge in [0.05, 0.1) is 0 Å². The molecule has 0 bridgehead atoms. The zero-order valence-corrected chi connectivity index (χ0v) is 10.5. The zero-order chi connectivity index (χ0) is 12.1.